The van der Waals surface area contributed by atoms with E-state index in [0.29, 0.717) is 25.8 Å². The first kappa shape index (κ1) is 33.1. The largest absolute Gasteiger partial charge is 0.346 e. The molecule has 38 heavy (non-hydrogen) atoms. The van der Waals surface area contributed by atoms with Crippen LogP contribution in [-0.2, 0) is 19.2 Å². The van der Waals surface area contributed by atoms with E-state index in [-0.39, 0.29) is 18.4 Å². The number of ketones is 1. The summed E-state index contributed by atoms with van der Waals surface area (Å²) in [5.74, 6) is -1.96. The Morgan fingerprint density at radius 2 is 1.63 bits per heavy atom. The Hall–Kier alpha value is -2.91. The molecule has 3 atom stereocenters. The lowest BCUT2D eigenvalue weighted by Crippen LogP contribution is -2.60. The number of carbonyl (C=O) groups is 5. The van der Waals surface area contributed by atoms with E-state index in [1.807, 2.05) is 20.8 Å². The average Bonchev–Trinajstić information content (AvgIpc) is 3.35. The lowest BCUT2D eigenvalue weighted by Gasteiger charge is -2.36. The van der Waals surface area contributed by atoms with Crippen LogP contribution in [0.25, 0.3) is 0 Å². The number of nitrogens with zero attached hydrogens (tertiary/aromatic N) is 1. The zero-order chi connectivity index (χ0) is 28.9. The fourth-order valence-corrected chi connectivity index (χ4v) is 4.29. The van der Waals surface area contributed by atoms with E-state index in [1.165, 1.54) is 30.9 Å². The Labute approximate surface area is 228 Å². The van der Waals surface area contributed by atoms with Gasteiger partial charge in [-0.2, -0.15) is 0 Å². The zero-order valence-electron chi connectivity index (χ0n) is 24.2. The summed E-state index contributed by atoms with van der Waals surface area (Å²) in [6.07, 6.45) is 8.57. The molecule has 0 spiro atoms. The van der Waals surface area contributed by atoms with E-state index in [1.54, 1.807) is 0 Å². The second-order valence-corrected chi connectivity index (χ2v) is 11.2. The fourth-order valence-electron chi connectivity index (χ4n) is 4.29. The number of rotatable bonds is 11. The third-order valence-electron chi connectivity index (χ3n) is 7.01. The van der Waals surface area contributed by atoms with Gasteiger partial charge in [0.2, 0.25) is 17.6 Å². The summed E-state index contributed by atoms with van der Waals surface area (Å²) in [7, 11) is 1.47. The van der Waals surface area contributed by atoms with Gasteiger partial charge in [-0.3, -0.25) is 19.2 Å². The molecule has 1 aliphatic heterocycles. The van der Waals surface area contributed by atoms with E-state index in [2.05, 4.69) is 41.7 Å². The minimum atomic E-state index is -0.942. The number of hydrogen-bond acceptors (Lipinski definition) is 5. The highest BCUT2D eigenvalue weighted by Gasteiger charge is 2.43. The first-order valence-electron chi connectivity index (χ1n) is 13.9. The molecule has 0 aromatic heterocycles. The van der Waals surface area contributed by atoms with Gasteiger partial charge in [-0.15, -0.1) is 6.58 Å². The monoisotopic (exact) mass is 535 g/mol. The van der Waals surface area contributed by atoms with E-state index in [0.717, 1.165) is 19.3 Å². The number of hydrogen-bond donors (Lipinski definition) is 4. The average molecular weight is 536 g/mol. The molecule has 2 aliphatic rings. The normalized spacial score (nSPS) is 18.6. The van der Waals surface area contributed by atoms with Crippen LogP contribution in [0.5, 0.6) is 0 Å². The van der Waals surface area contributed by atoms with Crippen molar-refractivity contribution in [1.82, 2.24) is 26.2 Å². The summed E-state index contributed by atoms with van der Waals surface area (Å²) in [5.41, 5.74) is -0.584. The van der Waals surface area contributed by atoms with Crippen LogP contribution >= 0.6 is 0 Å². The molecule has 1 saturated carbocycles. The summed E-state index contributed by atoms with van der Waals surface area (Å²) >= 11 is 0. The van der Waals surface area contributed by atoms with Gasteiger partial charge in [0.15, 0.2) is 0 Å². The third-order valence-corrected chi connectivity index (χ3v) is 7.01. The number of likely N-dealkylation sites (tertiary alicyclic amines) is 1. The summed E-state index contributed by atoms with van der Waals surface area (Å²) in [6, 6.07) is -3.03. The van der Waals surface area contributed by atoms with Gasteiger partial charge in [-0.1, -0.05) is 72.8 Å². The Morgan fingerprint density at radius 1 is 1.00 bits per heavy atom. The Morgan fingerprint density at radius 3 is 2.11 bits per heavy atom. The highest BCUT2D eigenvalue weighted by molar-refractivity contribution is 6.38. The van der Waals surface area contributed by atoms with E-state index >= 15 is 0 Å². The van der Waals surface area contributed by atoms with Crippen LogP contribution < -0.4 is 21.3 Å². The highest BCUT2D eigenvalue weighted by Crippen LogP contribution is 2.31. The lowest BCUT2D eigenvalue weighted by molar-refractivity contribution is -0.144. The van der Waals surface area contributed by atoms with Gasteiger partial charge < -0.3 is 26.2 Å². The molecule has 1 heterocycles. The van der Waals surface area contributed by atoms with Crippen LogP contribution in [0.2, 0.25) is 0 Å². The van der Waals surface area contributed by atoms with Crippen LogP contribution in [0.1, 0.15) is 86.0 Å². The van der Waals surface area contributed by atoms with Crippen LogP contribution in [0.4, 0.5) is 4.79 Å². The molecule has 5 amide bonds. The highest BCUT2D eigenvalue weighted by atomic mass is 16.2. The van der Waals surface area contributed by atoms with Gasteiger partial charge in [0.25, 0.3) is 5.91 Å². The molecular weight excluding hydrogens is 486 g/mol. The first-order chi connectivity index (χ1) is 17.9. The Balaban J connectivity index is 0.00000168. The molecular formula is C28H49N5O5. The maximum Gasteiger partial charge on any atom is 0.315 e. The SMILES string of the molecule is C=CCNC(=O)C(=O)C(CC1CCC1)NC(=O)C1CCCN1C(=O)C(NC(=O)NC)C(C)(C)C.CCCC. The van der Waals surface area contributed by atoms with Crippen LogP contribution in [-0.4, -0.2) is 72.7 Å². The Kier molecular flexibility index (Phi) is 14.1. The predicted octanol–water partition coefficient (Wildman–Crippen LogP) is 2.67. The summed E-state index contributed by atoms with van der Waals surface area (Å²) < 4.78 is 0. The fraction of sp³-hybridized carbons (Fsp3) is 0.750. The second kappa shape index (κ2) is 16.1. The van der Waals surface area contributed by atoms with Crippen LogP contribution in [0.3, 0.4) is 0 Å². The van der Waals surface area contributed by atoms with Gasteiger partial charge in [-0.05, 0) is 30.6 Å². The van der Waals surface area contributed by atoms with Crippen molar-refractivity contribution in [2.24, 2.45) is 11.3 Å². The minimum absolute atomic E-state index is 0.159. The van der Waals surface area contributed by atoms with E-state index in [9.17, 15) is 24.0 Å². The minimum Gasteiger partial charge on any atom is -0.346 e. The predicted molar refractivity (Wildman–Crippen MR) is 148 cm³/mol. The molecule has 2 fully saturated rings. The molecule has 216 valence electrons. The molecule has 0 aromatic rings. The number of nitrogens with one attached hydrogen (secondary N) is 4. The number of amides is 5. The molecule has 2 rings (SSSR count). The van der Waals surface area contributed by atoms with Crippen LogP contribution in [0.15, 0.2) is 12.7 Å². The molecule has 1 saturated heterocycles. The zero-order valence-corrected chi connectivity index (χ0v) is 24.2. The molecule has 0 bridgehead atoms. The molecule has 0 radical (unpaired) electrons. The standard InChI is InChI=1S/C24H39N5O5.C4H10/c1-6-12-26-21(32)18(30)16(14-15-9-7-10-15)27-20(31)17-11-8-13-29(17)22(33)19(24(2,3)4)28-23(34)25-5;1-3-4-2/h6,15-17,19H,1,7-14H2,2-5H3,(H,26,32)(H,27,31)(H2,25,28,34);3-4H2,1-2H3. The van der Waals surface area contributed by atoms with Crippen molar-refractivity contribution in [2.75, 3.05) is 20.1 Å². The van der Waals surface area contributed by atoms with E-state index < -0.39 is 47.2 Å². The summed E-state index contributed by atoms with van der Waals surface area (Å²) in [5, 5.41) is 10.4. The number of unbranched alkanes of at least 4 members (excludes halogenated alkanes) is 1. The Bertz CT molecular complexity index is 832. The number of Topliss-reactive ketones (excluding diaryl/α,β-unsaturated/α-hetero) is 1. The van der Waals surface area contributed by atoms with E-state index in [4.69, 9.17) is 0 Å². The van der Waals surface area contributed by atoms with Crippen LogP contribution in [0, 0.1) is 11.3 Å². The van der Waals surface area contributed by atoms with Crippen molar-refractivity contribution >= 4 is 29.5 Å². The summed E-state index contributed by atoms with van der Waals surface area (Å²) in [6.45, 7) is 13.9. The van der Waals surface area contributed by atoms with Gasteiger partial charge >= 0.3 is 6.03 Å². The summed E-state index contributed by atoms with van der Waals surface area (Å²) in [4.78, 5) is 65.1. The van der Waals surface area contributed by atoms with Gasteiger partial charge in [0, 0.05) is 20.1 Å². The van der Waals surface area contributed by atoms with Crippen molar-refractivity contribution in [3.05, 3.63) is 12.7 Å². The molecule has 10 heteroatoms. The molecule has 10 nitrogen and oxygen atoms in total. The van der Waals surface area contributed by atoms with Crippen molar-refractivity contribution in [2.45, 2.75) is 104 Å². The molecule has 0 aromatic carbocycles. The van der Waals surface area contributed by atoms with Gasteiger partial charge in [0.05, 0.1) is 6.04 Å². The van der Waals surface area contributed by atoms with Crippen molar-refractivity contribution in [1.29, 1.82) is 0 Å². The van der Waals surface area contributed by atoms with Gasteiger partial charge in [-0.25, -0.2) is 4.79 Å². The van der Waals surface area contributed by atoms with Crippen molar-refractivity contribution in [3.63, 3.8) is 0 Å². The van der Waals surface area contributed by atoms with Gasteiger partial charge in [0.1, 0.15) is 12.1 Å². The first-order valence-corrected chi connectivity index (χ1v) is 13.9. The maximum absolute atomic E-state index is 13.4. The smallest absolute Gasteiger partial charge is 0.315 e. The number of urea groups is 1. The molecule has 1 aliphatic carbocycles. The lowest BCUT2D eigenvalue weighted by atomic mass is 9.80. The second-order valence-electron chi connectivity index (χ2n) is 11.2. The molecule has 4 N–H and O–H groups in total. The van der Waals surface area contributed by atoms with Crippen molar-refractivity contribution < 1.29 is 24.0 Å². The quantitative estimate of drug-likeness (QED) is 0.238. The number of carbonyl (C=O) groups excluding carboxylic acids is 5. The maximum atomic E-state index is 13.4. The topological polar surface area (TPSA) is 137 Å². The molecule has 3 unspecified atom stereocenters. The third kappa shape index (κ3) is 10.1. The van der Waals surface area contributed by atoms with Crippen molar-refractivity contribution in [3.8, 4) is 0 Å².